The minimum Gasteiger partial charge on any atom is -0.508 e. The van der Waals surface area contributed by atoms with Gasteiger partial charge in [-0.1, -0.05) is 138 Å². The molecular weight excluding hydrogens is 1530 g/mol. The van der Waals surface area contributed by atoms with Crippen molar-refractivity contribution < 1.29 is 76.7 Å². The summed E-state index contributed by atoms with van der Waals surface area (Å²) in [4.78, 5) is 139. The van der Waals surface area contributed by atoms with Gasteiger partial charge in [0.25, 0.3) is 0 Å². The van der Waals surface area contributed by atoms with Crippen LogP contribution in [0.25, 0.3) is 22.5 Å². The number of fused-ring (bicyclic) bond motifs is 11. The molecule has 2 heterocycles. The van der Waals surface area contributed by atoms with Crippen molar-refractivity contribution in [2.45, 2.75) is 212 Å². The molecule has 27 nitrogen and oxygen atoms in total. The highest BCUT2D eigenvalue weighted by molar-refractivity contribution is 6.05. The molecule has 0 unspecified atom stereocenters. The fourth-order valence-corrected chi connectivity index (χ4v) is 19.5. The fourth-order valence-electron chi connectivity index (χ4n) is 19.5. The molecule has 1 aliphatic heterocycles. The molecular formula is C93H123N11O16. The number of hydrogen-bond donors (Lipinski definition) is 8. The second-order valence-electron chi connectivity index (χ2n) is 34.5. The smallest absolute Gasteiger partial charge is 0.408 e. The van der Waals surface area contributed by atoms with E-state index in [1.54, 1.807) is 53.8 Å². The van der Waals surface area contributed by atoms with Gasteiger partial charge in [0.15, 0.2) is 11.6 Å². The monoisotopic (exact) mass is 1650 g/mol. The number of hydrogen-bond acceptors (Lipinski definition) is 19. The lowest BCUT2D eigenvalue weighted by Crippen LogP contribution is -2.55. The first-order valence-electron chi connectivity index (χ1n) is 43.0. The number of carbonyl (C=O) groups excluding carboxylic acids is 10. The molecule has 7 amide bonds. The number of nitrogens with zero attached hydrogens (tertiary/aromatic N) is 4. The van der Waals surface area contributed by atoms with Gasteiger partial charge in [-0.05, 0) is 188 Å². The summed E-state index contributed by atoms with van der Waals surface area (Å²) in [5.74, 6) is -2.70. The van der Waals surface area contributed by atoms with E-state index < -0.39 is 52.8 Å². The molecule has 11 rings (SSSR count). The van der Waals surface area contributed by atoms with Gasteiger partial charge in [-0.3, -0.25) is 38.4 Å². The normalized spacial score (nSPS) is 20.9. The number of rotatable bonds is 43. The standard InChI is InChI=1S/C93H123N11O16/c1-60(2)84(100-82(111)37-45-116-47-49-118-51-52-119-50-48-117-46-44-96-81(110)35-36-83(112)104-58-66-17-8-9-19-69(66)86-85(101-102-103(86)7)70-20-10-11-22-74(70)104)76(107)55-65(18-14-43-97-88(95)114)87(113)98-67-30-24-61(25-31-67)59-120-89(115)99-73(21-12-13-42-94)75(106)54-62-23-26-63-28-33-77-90(3,71(63)53-62)38-15-40-92(77,5)79(108)57-80(109)93(6)41-16-39-91(4)72-56-68(105)32-27-64(72)29-34-78(91)93/h8-11,17,19-20,22-27,30-32,53,56,60,65,73,77-78,84,105H,12-16,18,21,28-29,33-52,54-55,57-59,94H2,1-7H3,(H,96,110)(H,98,113)(H,99,115)(H,100,111)(H3,95,97,114)/t65-,73+,77-,78-,84+,90-,91-,92+,93+/m1/s1. The topological polar surface area (TPSA) is 383 Å². The number of phenolic OH excluding ortho intramolecular Hbond substituents is 1. The van der Waals surface area contributed by atoms with Gasteiger partial charge in [0.2, 0.25) is 23.6 Å². The van der Waals surface area contributed by atoms with Gasteiger partial charge in [-0.25, -0.2) is 14.3 Å². The zero-order valence-corrected chi connectivity index (χ0v) is 70.9. The minimum atomic E-state index is -0.913. The lowest BCUT2D eigenvalue weighted by Gasteiger charge is -2.56. The van der Waals surface area contributed by atoms with E-state index in [2.05, 4.69) is 76.7 Å². The third kappa shape index (κ3) is 22.4. The van der Waals surface area contributed by atoms with E-state index >= 15 is 4.79 Å². The number of amides is 7. The van der Waals surface area contributed by atoms with Crippen LogP contribution in [0, 0.1) is 34.5 Å². The third-order valence-electron chi connectivity index (χ3n) is 26.0. The summed E-state index contributed by atoms with van der Waals surface area (Å²) < 4.78 is 29.9. The fraction of sp³-hybridized carbons (Fsp3) is 0.548. The second kappa shape index (κ2) is 42.0. The predicted molar refractivity (Wildman–Crippen MR) is 455 cm³/mol. The summed E-state index contributed by atoms with van der Waals surface area (Å²) in [5.41, 5.74) is 20.6. The van der Waals surface area contributed by atoms with Crippen molar-refractivity contribution in [1.82, 2.24) is 36.3 Å². The van der Waals surface area contributed by atoms with Gasteiger partial charge in [0.05, 0.1) is 89.3 Å². The van der Waals surface area contributed by atoms with Gasteiger partial charge in [0.1, 0.15) is 29.6 Å². The highest BCUT2D eigenvalue weighted by atomic mass is 16.6. The van der Waals surface area contributed by atoms with Crippen molar-refractivity contribution in [2.75, 3.05) is 82.7 Å². The molecule has 4 aliphatic carbocycles. The Balaban J connectivity index is 0.570. The molecule has 1 aromatic heterocycles. The summed E-state index contributed by atoms with van der Waals surface area (Å²) in [6.07, 6.45) is 9.28. The molecule has 0 bridgehead atoms. The first-order valence-corrected chi connectivity index (χ1v) is 43.0. The molecule has 2 saturated carbocycles. The lowest BCUT2D eigenvalue weighted by molar-refractivity contribution is -0.146. The molecule has 2 fully saturated rings. The Morgan fingerprint density at radius 2 is 1.22 bits per heavy atom. The van der Waals surface area contributed by atoms with Crippen molar-refractivity contribution in [3.8, 4) is 28.3 Å². The number of aryl methyl sites for hydroxylation is 3. The number of nitrogens with one attached hydrogen (secondary N) is 5. The molecule has 6 aromatic rings. The number of ketones is 4. The van der Waals surface area contributed by atoms with Gasteiger partial charge < -0.3 is 71.7 Å². The van der Waals surface area contributed by atoms with Gasteiger partial charge >= 0.3 is 12.1 Å². The molecule has 9 atom stereocenters. The Hall–Kier alpha value is -10.1. The predicted octanol–water partition coefficient (Wildman–Crippen LogP) is 11.6. The number of primary amides is 1. The zero-order chi connectivity index (χ0) is 85.7. The summed E-state index contributed by atoms with van der Waals surface area (Å²) in [5, 5.41) is 33.2. The number of anilines is 2. The van der Waals surface area contributed by atoms with Crippen molar-refractivity contribution in [1.29, 1.82) is 0 Å². The van der Waals surface area contributed by atoms with E-state index in [9.17, 15) is 48.3 Å². The number of phenols is 1. The van der Waals surface area contributed by atoms with Crippen LogP contribution in [0.15, 0.2) is 109 Å². The number of aromatic hydroxyl groups is 1. The van der Waals surface area contributed by atoms with Crippen LogP contribution in [0.4, 0.5) is 21.0 Å². The molecule has 5 aliphatic rings. The molecule has 0 saturated heterocycles. The second-order valence-corrected chi connectivity index (χ2v) is 34.5. The number of ether oxygens (including phenoxy) is 5. The van der Waals surface area contributed by atoms with Crippen LogP contribution in [0.5, 0.6) is 5.75 Å². The summed E-state index contributed by atoms with van der Waals surface area (Å²) in [6, 6.07) is 31.5. The Labute approximate surface area is 704 Å². The van der Waals surface area contributed by atoms with E-state index in [4.69, 9.17) is 35.2 Å². The maximum atomic E-state index is 15.0. The van der Waals surface area contributed by atoms with Gasteiger partial charge in [-0.15, -0.1) is 5.10 Å². The number of aromatic nitrogens is 3. The van der Waals surface area contributed by atoms with Crippen molar-refractivity contribution in [2.24, 2.45) is 53.0 Å². The summed E-state index contributed by atoms with van der Waals surface area (Å²) in [7, 11) is 1.85. The molecule has 0 radical (unpaired) electrons. The highest BCUT2D eigenvalue weighted by Crippen LogP contribution is 2.61. The molecule has 5 aromatic carbocycles. The molecule has 10 N–H and O–H groups in total. The van der Waals surface area contributed by atoms with Crippen LogP contribution in [-0.4, -0.2) is 164 Å². The van der Waals surface area contributed by atoms with E-state index in [0.29, 0.717) is 87.6 Å². The average Bonchev–Trinajstić information content (AvgIpc) is 0.889. The Kier molecular flexibility index (Phi) is 31.7. The van der Waals surface area contributed by atoms with Crippen molar-refractivity contribution >= 4 is 70.3 Å². The number of benzene rings is 5. The number of unbranched alkanes of at least 4 members (excludes halogenated alkanes) is 1. The van der Waals surface area contributed by atoms with Crippen LogP contribution < -0.4 is 43.0 Å². The largest absolute Gasteiger partial charge is 0.508 e. The summed E-state index contributed by atoms with van der Waals surface area (Å²) in [6.45, 7) is 15.3. The Bertz CT molecular complexity index is 4620. The van der Waals surface area contributed by atoms with E-state index in [1.807, 2.05) is 73.8 Å². The first kappa shape index (κ1) is 90.7. The van der Waals surface area contributed by atoms with E-state index in [-0.39, 0.29) is 167 Å². The van der Waals surface area contributed by atoms with Crippen molar-refractivity contribution in [3.63, 3.8) is 0 Å². The van der Waals surface area contributed by atoms with Crippen LogP contribution >= 0.6 is 0 Å². The first-order chi connectivity index (χ1) is 57.6. The maximum absolute atomic E-state index is 15.0. The number of alkyl carbamates (subject to hydrolysis) is 1. The number of urea groups is 1. The molecule has 120 heavy (non-hydrogen) atoms. The van der Waals surface area contributed by atoms with Crippen LogP contribution in [0.3, 0.4) is 0 Å². The molecule has 27 heteroatoms. The van der Waals surface area contributed by atoms with E-state index in [0.717, 1.165) is 96.9 Å². The van der Waals surface area contributed by atoms with E-state index in [1.165, 1.54) is 11.1 Å². The number of nitrogens with two attached hydrogens (primary N) is 2. The third-order valence-corrected chi connectivity index (χ3v) is 26.0. The zero-order valence-electron chi connectivity index (χ0n) is 70.9. The number of para-hydroxylation sites is 1. The Morgan fingerprint density at radius 3 is 1.87 bits per heavy atom. The molecule has 0 spiro atoms. The Morgan fingerprint density at radius 1 is 0.608 bits per heavy atom. The van der Waals surface area contributed by atoms with Gasteiger partial charge in [0, 0.05) is 85.8 Å². The van der Waals surface area contributed by atoms with Crippen LogP contribution in [-0.2, 0) is 112 Å². The van der Waals surface area contributed by atoms with Crippen LogP contribution in [0.2, 0.25) is 0 Å². The number of Topliss-reactive ketones (excluding diaryl/α,β-unsaturated/α-hetero) is 4. The lowest BCUT2D eigenvalue weighted by atomic mass is 9.47. The van der Waals surface area contributed by atoms with Crippen molar-refractivity contribution in [3.05, 3.63) is 148 Å². The van der Waals surface area contributed by atoms with Gasteiger partial charge in [-0.2, -0.15) is 0 Å². The van der Waals surface area contributed by atoms with Crippen LogP contribution in [0.1, 0.15) is 196 Å². The number of carbonyl (C=O) groups is 10. The highest BCUT2D eigenvalue weighted by Gasteiger charge is 2.58. The minimum absolute atomic E-state index is 0.00709. The summed E-state index contributed by atoms with van der Waals surface area (Å²) >= 11 is 0. The average molecular weight is 1650 g/mol. The quantitative estimate of drug-likeness (QED) is 0.0130. The SMILES string of the molecule is CC(C)[C@H](NC(=O)CCOCCOCCOCCOCCNC(=O)CCC(=O)N1Cc2ccccc2-c2c(nnn2C)-c2ccccc21)C(=O)C[C@@H](CCCNC(N)=O)C(=O)Nc1ccc(COC(=O)N[C@@H](CCCCN)C(=O)Cc2ccc3c(c2)[C@@]2(C)CCC[C@](C)(C(=O)CC(=O)[C@@]4(C)CCC[C@]5(C)c6cc(O)ccc6CC[C@@H]45)[C@@H]2CC3)cc1. The maximum Gasteiger partial charge on any atom is 0.408 e. The molecule has 646 valence electrons.